The topological polar surface area (TPSA) is 78.9 Å². The van der Waals surface area contributed by atoms with Gasteiger partial charge in [-0.15, -0.1) is 5.10 Å². The fraction of sp³-hybridized carbons (Fsp3) is 0.417. The minimum absolute atomic E-state index is 0.177. The lowest BCUT2D eigenvalue weighted by Crippen LogP contribution is -2.17. The van der Waals surface area contributed by atoms with E-state index in [1.165, 1.54) is 0 Å². The quantitative estimate of drug-likeness (QED) is 0.866. The first-order valence-corrected chi connectivity index (χ1v) is 6.55. The second-order valence-corrected chi connectivity index (χ2v) is 4.99. The molecule has 0 saturated carbocycles. The van der Waals surface area contributed by atoms with Crippen LogP contribution >= 0.6 is 11.6 Å². The summed E-state index contributed by atoms with van der Waals surface area (Å²) in [6.07, 6.45) is 2.30. The Morgan fingerprint density at radius 1 is 1.47 bits per heavy atom. The highest BCUT2D eigenvalue weighted by Crippen LogP contribution is 2.27. The lowest BCUT2D eigenvalue weighted by atomic mass is 10.1. The van der Waals surface area contributed by atoms with Crippen LogP contribution in [0.25, 0.3) is 11.4 Å². The van der Waals surface area contributed by atoms with E-state index in [0.717, 1.165) is 25.0 Å². The molecule has 0 aliphatic carbocycles. The number of halogens is 1. The highest BCUT2D eigenvalue weighted by atomic mass is 35.5. The predicted octanol–water partition coefficient (Wildman–Crippen LogP) is 1.75. The van der Waals surface area contributed by atoms with Gasteiger partial charge in [-0.25, -0.2) is 4.68 Å². The van der Waals surface area contributed by atoms with E-state index in [4.69, 9.17) is 22.1 Å². The summed E-state index contributed by atoms with van der Waals surface area (Å²) in [7, 11) is 0. The molecule has 0 spiro atoms. The van der Waals surface area contributed by atoms with E-state index in [1.807, 2.05) is 6.07 Å². The van der Waals surface area contributed by atoms with Gasteiger partial charge in [-0.3, -0.25) is 0 Å². The van der Waals surface area contributed by atoms with Crippen molar-refractivity contribution >= 4 is 17.3 Å². The third-order valence-corrected chi connectivity index (χ3v) is 3.42. The van der Waals surface area contributed by atoms with Crippen molar-refractivity contribution in [2.45, 2.75) is 25.5 Å². The van der Waals surface area contributed by atoms with Crippen molar-refractivity contribution in [2.24, 2.45) is 0 Å². The van der Waals surface area contributed by atoms with Crippen LogP contribution in [-0.2, 0) is 11.3 Å². The lowest BCUT2D eigenvalue weighted by Gasteiger charge is -2.11. The number of hydrogen-bond donors (Lipinski definition) is 1. The van der Waals surface area contributed by atoms with Gasteiger partial charge in [-0.1, -0.05) is 11.6 Å². The van der Waals surface area contributed by atoms with E-state index >= 15 is 0 Å². The first-order chi connectivity index (χ1) is 9.24. The number of rotatable bonds is 3. The van der Waals surface area contributed by atoms with Gasteiger partial charge in [0.15, 0.2) is 5.82 Å². The lowest BCUT2D eigenvalue weighted by molar-refractivity contribution is 0.0939. The Balaban J connectivity index is 1.90. The van der Waals surface area contributed by atoms with E-state index in [9.17, 15) is 0 Å². The van der Waals surface area contributed by atoms with Crippen LogP contribution in [0.5, 0.6) is 0 Å². The first kappa shape index (κ1) is 12.4. The SMILES string of the molecule is Nc1cc(Cl)ccc1-c1nnnn1CC1CCCO1. The van der Waals surface area contributed by atoms with Gasteiger partial charge in [-0.05, 0) is 41.5 Å². The third kappa shape index (κ3) is 2.54. The third-order valence-electron chi connectivity index (χ3n) is 3.19. The van der Waals surface area contributed by atoms with Gasteiger partial charge in [0.25, 0.3) is 0 Å². The number of benzene rings is 1. The Kier molecular flexibility index (Phi) is 3.35. The number of nitrogens with zero attached hydrogens (tertiary/aromatic N) is 4. The van der Waals surface area contributed by atoms with Crippen molar-refractivity contribution in [3.8, 4) is 11.4 Å². The molecule has 1 atom stereocenters. The Labute approximate surface area is 115 Å². The molecule has 1 aromatic heterocycles. The number of anilines is 1. The number of nitrogens with two attached hydrogens (primary N) is 1. The summed E-state index contributed by atoms with van der Waals surface area (Å²) in [4.78, 5) is 0. The Morgan fingerprint density at radius 3 is 3.11 bits per heavy atom. The monoisotopic (exact) mass is 279 g/mol. The van der Waals surface area contributed by atoms with E-state index in [0.29, 0.717) is 23.1 Å². The average molecular weight is 280 g/mol. The van der Waals surface area contributed by atoms with Crippen LogP contribution < -0.4 is 5.73 Å². The average Bonchev–Trinajstić information content (AvgIpc) is 3.02. The zero-order valence-corrected chi connectivity index (χ0v) is 11.0. The van der Waals surface area contributed by atoms with Gasteiger partial charge >= 0.3 is 0 Å². The van der Waals surface area contributed by atoms with Gasteiger partial charge in [0, 0.05) is 22.9 Å². The fourth-order valence-electron chi connectivity index (χ4n) is 2.24. The molecule has 0 bridgehead atoms. The maximum atomic E-state index is 5.97. The maximum absolute atomic E-state index is 5.97. The van der Waals surface area contributed by atoms with Crippen molar-refractivity contribution in [1.29, 1.82) is 0 Å². The molecule has 0 radical (unpaired) electrons. The number of aromatic nitrogens is 4. The molecule has 1 aromatic carbocycles. The van der Waals surface area contributed by atoms with Crippen molar-refractivity contribution in [2.75, 3.05) is 12.3 Å². The summed E-state index contributed by atoms with van der Waals surface area (Å²) in [6, 6.07) is 5.30. The largest absolute Gasteiger partial charge is 0.398 e. The molecule has 1 saturated heterocycles. The molecule has 6 nitrogen and oxygen atoms in total. The van der Waals surface area contributed by atoms with E-state index in [2.05, 4.69) is 15.5 Å². The number of nitrogen functional groups attached to an aromatic ring is 1. The van der Waals surface area contributed by atoms with Crippen LogP contribution in [-0.4, -0.2) is 32.9 Å². The van der Waals surface area contributed by atoms with Gasteiger partial charge in [0.2, 0.25) is 0 Å². The number of hydrogen-bond acceptors (Lipinski definition) is 5. The minimum atomic E-state index is 0.177. The van der Waals surface area contributed by atoms with Crippen LogP contribution in [0.3, 0.4) is 0 Å². The normalized spacial score (nSPS) is 18.9. The molecule has 3 rings (SSSR count). The van der Waals surface area contributed by atoms with Crippen LogP contribution in [0, 0.1) is 0 Å². The fourth-order valence-corrected chi connectivity index (χ4v) is 2.42. The van der Waals surface area contributed by atoms with Crippen molar-refractivity contribution in [1.82, 2.24) is 20.2 Å². The first-order valence-electron chi connectivity index (χ1n) is 6.17. The molecular weight excluding hydrogens is 266 g/mol. The van der Waals surface area contributed by atoms with Crippen molar-refractivity contribution in [3.05, 3.63) is 23.2 Å². The number of ether oxygens (including phenoxy) is 1. The molecule has 0 amide bonds. The molecule has 100 valence electrons. The van der Waals surface area contributed by atoms with Gasteiger partial charge in [0.1, 0.15) is 0 Å². The van der Waals surface area contributed by atoms with E-state index in [1.54, 1.807) is 16.8 Å². The molecule has 2 heterocycles. The summed E-state index contributed by atoms with van der Waals surface area (Å²) >= 11 is 5.90. The highest BCUT2D eigenvalue weighted by Gasteiger charge is 2.20. The Hall–Kier alpha value is -1.66. The Bertz CT molecular complexity index is 579. The van der Waals surface area contributed by atoms with Crippen LogP contribution in [0.15, 0.2) is 18.2 Å². The summed E-state index contributed by atoms with van der Waals surface area (Å²) in [5.74, 6) is 0.643. The zero-order chi connectivity index (χ0) is 13.2. The van der Waals surface area contributed by atoms with Crippen LogP contribution in [0.4, 0.5) is 5.69 Å². The number of tetrazole rings is 1. The molecule has 19 heavy (non-hydrogen) atoms. The maximum Gasteiger partial charge on any atom is 0.184 e. The molecule has 1 unspecified atom stereocenters. The second kappa shape index (κ2) is 5.14. The Morgan fingerprint density at radius 2 is 2.37 bits per heavy atom. The summed E-state index contributed by atoms with van der Waals surface area (Å²) in [5, 5.41) is 12.4. The highest BCUT2D eigenvalue weighted by molar-refractivity contribution is 6.31. The van der Waals surface area contributed by atoms with Crippen LogP contribution in [0.2, 0.25) is 5.02 Å². The van der Waals surface area contributed by atoms with Gasteiger partial charge in [-0.2, -0.15) is 0 Å². The smallest absolute Gasteiger partial charge is 0.184 e. The molecular formula is C12H14ClN5O. The van der Waals surface area contributed by atoms with Crippen molar-refractivity contribution in [3.63, 3.8) is 0 Å². The van der Waals surface area contributed by atoms with Crippen molar-refractivity contribution < 1.29 is 4.74 Å². The molecule has 1 fully saturated rings. The summed E-state index contributed by atoms with van der Waals surface area (Å²) < 4.78 is 7.33. The summed E-state index contributed by atoms with van der Waals surface area (Å²) in [5.41, 5.74) is 7.32. The van der Waals surface area contributed by atoms with Gasteiger partial charge < -0.3 is 10.5 Å². The molecule has 2 aromatic rings. The minimum Gasteiger partial charge on any atom is -0.398 e. The van der Waals surface area contributed by atoms with Gasteiger partial charge in [0.05, 0.1) is 12.6 Å². The molecule has 7 heteroatoms. The van der Waals surface area contributed by atoms with E-state index < -0.39 is 0 Å². The molecule has 1 aliphatic rings. The second-order valence-electron chi connectivity index (χ2n) is 4.55. The molecule has 1 aliphatic heterocycles. The van der Waals surface area contributed by atoms with Crippen LogP contribution in [0.1, 0.15) is 12.8 Å². The van der Waals surface area contributed by atoms with E-state index in [-0.39, 0.29) is 6.10 Å². The molecule has 2 N–H and O–H groups in total. The standard InChI is InChI=1S/C12H14ClN5O/c13-8-3-4-10(11(14)6-8)12-15-16-17-18(12)7-9-2-1-5-19-9/h3-4,6,9H,1-2,5,7,14H2. The summed E-state index contributed by atoms with van der Waals surface area (Å²) in [6.45, 7) is 1.45. The predicted molar refractivity (Wildman–Crippen MR) is 71.6 cm³/mol. The zero-order valence-electron chi connectivity index (χ0n) is 10.3.